The van der Waals surface area contributed by atoms with Crippen LogP contribution in [0.15, 0.2) is 49.0 Å². The number of aliphatic hydroxyl groups is 1. The number of aliphatic hydroxyl groups excluding tert-OH is 1. The number of rotatable bonds is 7. The molecule has 3 nitrogen and oxygen atoms in total. The number of benzene rings is 2. The molecule has 0 saturated heterocycles. The van der Waals surface area contributed by atoms with Crippen LogP contribution < -0.4 is 0 Å². The highest BCUT2D eigenvalue weighted by Gasteiger charge is 2.22. The smallest absolute Gasteiger partial charge is 0.0943 e. The van der Waals surface area contributed by atoms with Gasteiger partial charge in [0.2, 0.25) is 0 Å². The highest BCUT2D eigenvalue weighted by molar-refractivity contribution is 6.35. The molecular weight excluding hydrogens is 415 g/mol. The van der Waals surface area contributed by atoms with E-state index >= 15 is 0 Å². The second kappa shape index (κ2) is 11.4. The summed E-state index contributed by atoms with van der Waals surface area (Å²) in [7, 11) is 0. The predicted molar refractivity (Wildman–Crippen MR) is 130 cm³/mol. The third-order valence-corrected chi connectivity index (χ3v) is 5.34. The van der Waals surface area contributed by atoms with Crippen LogP contribution in [-0.2, 0) is 13.0 Å². The van der Waals surface area contributed by atoms with E-state index in [-0.39, 0.29) is 6.61 Å². The van der Waals surface area contributed by atoms with Gasteiger partial charge in [0.05, 0.1) is 28.7 Å². The molecule has 0 aliphatic rings. The Labute approximate surface area is 190 Å². The molecule has 1 heterocycles. The molecule has 0 saturated carbocycles. The maximum Gasteiger partial charge on any atom is 0.0943 e. The van der Waals surface area contributed by atoms with E-state index in [1.54, 1.807) is 16.8 Å². The molecule has 0 fully saturated rings. The van der Waals surface area contributed by atoms with Crippen LogP contribution >= 0.6 is 23.2 Å². The summed E-state index contributed by atoms with van der Waals surface area (Å²) in [6.07, 6.45) is 2.74. The van der Waals surface area contributed by atoms with Crippen molar-refractivity contribution in [2.75, 3.05) is 0 Å². The molecule has 3 rings (SSSR count). The maximum absolute atomic E-state index is 10.2. The topological polar surface area (TPSA) is 38.0 Å². The van der Waals surface area contributed by atoms with E-state index in [1.165, 1.54) is 5.56 Å². The van der Waals surface area contributed by atoms with E-state index in [0.717, 1.165) is 47.4 Å². The lowest BCUT2D eigenvalue weighted by atomic mass is 9.99. The predicted octanol–water partition coefficient (Wildman–Crippen LogP) is 7.74. The van der Waals surface area contributed by atoms with Crippen LogP contribution in [0.3, 0.4) is 0 Å². The quantitative estimate of drug-likeness (QED) is 0.404. The molecular formula is C25H30Cl2N2O. The molecule has 0 amide bonds. The number of aromatic nitrogens is 2. The molecule has 0 atom stereocenters. The largest absolute Gasteiger partial charge is 0.392 e. The highest BCUT2D eigenvalue weighted by Crippen LogP contribution is 2.35. The fraction of sp³-hybridized carbons (Fsp3) is 0.320. The van der Waals surface area contributed by atoms with Crippen molar-refractivity contribution in [2.24, 2.45) is 0 Å². The Morgan fingerprint density at radius 1 is 1.07 bits per heavy atom. The van der Waals surface area contributed by atoms with Crippen LogP contribution in [0.4, 0.5) is 0 Å². The third-order valence-electron chi connectivity index (χ3n) is 4.80. The molecule has 1 aromatic heterocycles. The van der Waals surface area contributed by atoms with Gasteiger partial charge in [-0.25, -0.2) is 4.68 Å². The summed E-state index contributed by atoms with van der Waals surface area (Å²) in [5.41, 5.74) is 6.14. The molecule has 0 aliphatic heterocycles. The van der Waals surface area contributed by atoms with Crippen LogP contribution in [0.5, 0.6) is 0 Å². The number of halogens is 2. The Hall–Kier alpha value is -2.07. The zero-order valence-corrected chi connectivity index (χ0v) is 19.7. The van der Waals surface area contributed by atoms with E-state index in [0.29, 0.717) is 15.7 Å². The minimum Gasteiger partial charge on any atom is -0.392 e. The Kier molecular flexibility index (Phi) is 9.16. The monoisotopic (exact) mass is 444 g/mol. The van der Waals surface area contributed by atoms with Crippen LogP contribution in [0.25, 0.3) is 22.5 Å². The average Bonchev–Trinajstić information content (AvgIpc) is 3.15. The standard InChI is InChI=1S/C23H24Cl2N2O.C2H6/c1-4-6-15(3)22-19(14-28)23(17-9-7-16(5-2)8-10-17)27(26-22)21-12-11-18(24)13-20(21)25;1-2/h7-13,28H,3-6,14H2,1-2H3;1-2H3. The molecule has 30 heavy (non-hydrogen) atoms. The van der Waals surface area contributed by atoms with Crippen molar-refractivity contribution in [1.82, 2.24) is 9.78 Å². The van der Waals surface area contributed by atoms with Gasteiger partial charge in [-0.05, 0) is 42.2 Å². The summed E-state index contributed by atoms with van der Waals surface area (Å²) < 4.78 is 1.79. The molecule has 2 aromatic carbocycles. The number of aryl methyl sites for hydroxylation is 1. The van der Waals surface area contributed by atoms with E-state index < -0.39 is 0 Å². The van der Waals surface area contributed by atoms with Gasteiger partial charge >= 0.3 is 0 Å². The third kappa shape index (κ3) is 5.15. The van der Waals surface area contributed by atoms with E-state index in [1.807, 2.05) is 19.9 Å². The van der Waals surface area contributed by atoms with Crippen LogP contribution in [-0.4, -0.2) is 14.9 Å². The first kappa shape index (κ1) is 24.2. The van der Waals surface area contributed by atoms with Gasteiger partial charge in [0, 0.05) is 16.1 Å². The van der Waals surface area contributed by atoms with E-state index in [2.05, 4.69) is 44.7 Å². The number of nitrogens with zero attached hydrogens (tertiary/aromatic N) is 2. The van der Waals surface area contributed by atoms with Gasteiger partial charge in [-0.3, -0.25) is 0 Å². The van der Waals surface area contributed by atoms with Crippen LogP contribution in [0.1, 0.15) is 57.4 Å². The van der Waals surface area contributed by atoms with E-state index in [9.17, 15) is 5.11 Å². The molecule has 0 radical (unpaired) electrons. The normalized spacial score (nSPS) is 10.5. The summed E-state index contributed by atoms with van der Waals surface area (Å²) in [5.74, 6) is 0. The van der Waals surface area contributed by atoms with Crippen LogP contribution in [0, 0.1) is 0 Å². The first-order valence-corrected chi connectivity index (χ1v) is 11.2. The highest BCUT2D eigenvalue weighted by atomic mass is 35.5. The van der Waals surface area contributed by atoms with Crippen LogP contribution in [0.2, 0.25) is 10.0 Å². The Bertz CT molecular complexity index is 991. The van der Waals surface area contributed by atoms with E-state index in [4.69, 9.17) is 28.3 Å². The number of allylic oxidation sites excluding steroid dienone is 1. The van der Waals surface area contributed by atoms with Crippen molar-refractivity contribution in [3.05, 3.63) is 75.9 Å². The first-order valence-electron chi connectivity index (χ1n) is 10.5. The zero-order valence-electron chi connectivity index (χ0n) is 18.2. The molecule has 0 unspecified atom stereocenters. The summed E-state index contributed by atoms with van der Waals surface area (Å²) in [5, 5.41) is 16.1. The summed E-state index contributed by atoms with van der Waals surface area (Å²) in [6.45, 7) is 12.3. The lowest BCUT2D eigenvalue weighted by molar-refractivity contribution is 0.282. The second-order valence-electron chi connectivity index (χ2n) is 6.75. The second-order valence-corrected chi connectivity index (χ2v) is 7.59. The first-order chi connectivity index (χ1) is 14.5. The van der Waals surface area contributed by atoms with Gasteiger partial charge in [-0.15, -0.1) is 0 Å². The number of hydrogen-bond donors (Lipinski definition) is 1. The summed E-state index contributed by atoms with van der Waals surface area (Å²) in [6, 6.07) is 13.6. The van der Waals surface area contributed by atoms with Crippen molar-refractivity contribution in [1.29, 1.82) is 0 Å². The van der Waals surface area contributed by atoms with Gasteiger partial charge in [-0.1, -0.05) is 88.2 Å². The molecule has 1 N–H and O–H groups in total. The average molecular weight is 445 g/mol. The van der Waals surface area contributed by atoms with Gasteiger partial charge in [0.25, 0.3) is 0 Å². The van der Waals surface area contributed by atoms with Gasteiger partial charge in [0.1, 0.15) is 0 Å². The van der Waals surface area contributed by atoms with Crippen molar-refractivity contribution in [3.63, 3.8) is 0 Å². The fourth-order valence-corrected chi connectivity index (χ4v) is 3.82. The van der Waals surface area contributed by atoms with Crippen molar-refractivity contribution in [2.45, 2.75) is 53.6 Å². The van der Waals surface area contributed by atoms with Gasteiger partial charge in [-0.2, -0.15) is 5.10 Å². The van der Waals surface area contributed by atoms with Crippen molar-refractivity contribution >= 4 is 28.8 Å². The number of hydrogen-bond acceptors (Lipinski definition) is 2. The molecule has 0 spiro atoms. The maximum atomic E-state index is 10.2. The SMILES string of the molecule is C=C(CCC)c1nn(-c2ccc(Cl)cc2Cl)c(-c2ccc(CC)cc2)c1CO.CC. The Balaban J connectivity index is 0.00000155. The fourth-order valence-electron chi connectivity index (χ4n) is 3.33. The van der Waals surface area contributed by atoms with Gasteiger partial charge in [0.15, 0.2) is 0 Å². The lowest BCUT2D eigenvalue weighted by Gasteiger charge is -2.11. The molecule has 0 aliphatic carbocycles. The minimum absolute atomic E-state index is 0.131. The zero-order chi connectivity index (χ0) is 22.3. The van der Waals surface area contributed by atoms with Crippen molar-refractivity contribution in [3.8, 4) is 16.9 Å². The lowest BCUT2D eigenvalue weighted by Crippen LogP contribution is -2.01. The summed E-state index contributed by atoms with van der Waals surface area (Å²) in [4.78, 5) is 0. The minimum atomic E-state index is -0.131. The molecule has 160 valence electrons. The van der Waals surface area contributed by atoms with Crippen molar-refractivity contribution < 1.29 is 5.11 Å². The molecule has 3 aromatic rings. The molecule has 5 heteroatoms. The summed E-state index contributed by atoms with van der Waals surface area (Å²) >= 11 is 12.6. The molecule has 0 bridgehead atoms. The van der Waals surface area contributed by atoms with Gasteiger partial charge < -0.3 is 5.11 Å². The Morgan fingerprint density at radius 2 is 1.73 bits per heavy atom. The Morgan fingerprint density at radius 3 is 2.27 bits per heavy atom.